The van der Waals surface area contributed by atoms with Crippen molar-refractivity contribution in [2.75, 3.05) is 20.6 Å². The van der Waals surface area contributed by atoms with Gasteiger partial charge < -0.3 is 10.2 Å². The SMILES string of the molecule is Cc1ncc(CNC(C)CN(C)C)s1. The van der Waals surface area contributed by atoms with Gasteiger partial charge in [-0.2, -0.15) is 0 Å². The molecule has 0 saturated carbocycles. The van der Waals surface area contributed by atoms with Gasteiger partial charge in [-0.25, -0.2) is 4.98 Å². The summed E-state index contributed by atoms with van der Waals surface area (Å²) < 4.78 is 0. The molecule has 14 heavy (non-hydrogen) atoms. The number of nitrogens with zero attached hydrogens (tertiary/aromatic N) is 2. The Morgan fingerprint density at radius 2 is 2.29 bits per heavy atom. The van der Waals surface area contributed by atoms with E-state index in [0.717, 1.165) is 18.1 Å². The molecule has 1 heterocycles. The molecule has 0 aromatic carbocycles. The average Bonchev–Trinajstić information content (AvgIpc) is 2.47. The number of hydrogen-bond donors (Lipinski definition) is 1. The summed E-state index contributed by atoms with van der Waals surface area (Å²) in [6.07, 6.45) is 1.95. The van der Waals surface area contributed by atoms with Crippen LogP contribution in [0.1, 0.15) is 16.8 Å². The van der Waals surface area contributed by atoms with E-state index in [9.17, 15) is 0 Å². The van der Waals surface area contributed by atoms with E-state index in [0.29, 0.717) is 6.04 Å². The van der Waals surface area contributed by atoms with E-state index < -0.39 is 0 Å². The minimum absolute atomic E-state index is 0.521. The van der Waals surface area contributed by atoms with Crippen LogP contribution in [0.3, 0.4) is 0 Å². The van der Waals surface area contributed by atoms with Gasteiger partial charge >= 0.3 is 0 Å². The van der Waals surface area contributed by atoms with E-state index in [1.807, 2.05) is 13.1 Å². The molecule has 1 rings (SSSR count). The molecule has 0 saturated heterocycles. The highest BCUT2D eigenvalue weighted by molar-refractivity contribution is 7.11. The van der Waals surface area contributed by atoms with Crippen LogP contribution in [0.5, 0.6) is 0 Å². The number of aryl methyl sites for hydroxylation is 1. The van der Waals surface area contributed by atoms with Crippen molar-refractivity contribution in [3.8, 4) is 0 Å². The fraction of sp³-hybridized carbons (Fsp3) is 0.700. The molecule has 0 fully saturated rings. The van der Waals surface area contributed by atoms with Crippen LogP contribution in [0.4, 0.5) is 0 Å². The van der Waals surface area contributed by atoms with Crippen molar-refractivity contribution in [3.63, 3.8) is 0 Å². The van der Waals surface area contributed by atoms with E-state index in [-0.39, 0.29) is 0 Å². The Balaban J connectivity index is 2.26. The summed E-state index contributed by atoms with van der Waals surface area (Å²) in [5.74, 6) is 0. The highest BCUT2D eigenvalue weighted by Crippen LogP contribution is 2.10. The molecule has 0 aliphatic heterocycles. The minimum Gasteiger partial charge on any atom is -0.308 e. The summed E-state index contributed by atoms with van der Waals surface area (Å²) in [6, 6.07) is 0.521. The fourth-order valence-electron chi connectivity index (χ4n) is 1.37. The van der Waals surface area contributed by atoms with E-state index in [2.05, 4.69) is 36.2 Å². The number of thiazole rings is 1. The lowest BCUT2D eigenvalue weighted by atomic mass is 10.3. The van der Waals surface area contributed by atoms with Crippen LogP contribution in [-0.4, -0.2) is 36.6 Å². The van der Waals surface area contributed by atoms with Crippen LogP contribution >= 0.6 is 11.3 Å². The molecule has 80 valence electrons. The third kappa shape index (κ3) is 4.17. The normalized spacial score (nSPS) is 13.5. The highest BCUT2D eigenvalue weighted by atomic mass is 32.1. The number of nitrogens with one attached hydrogen (secondary N) is 1. The van der Waals surface area contributed by atoms with Crippen LogP contribution in [0.15, 0.2) is 6.20 Å². The van der Waals surface area contributed by atoms with Crippen molar-refractivity contribution in [2.45, 2.75) is 26.4 Å². The summed E-state index contributed by atoms with van der Waals surface area (Å²) in [5.41, 5.74) is 0. The molecule has 1 aromatic heterocycles. The van der Waals surface area contributed by atoms with E-state index in [4.69, 9.17) is 0 Å². The zero-order valence-electron chi connectivity index (χ0n) is 9.37. The molecule has 1 atom stereocenters. The van der Waals surface area contributed by atoms with Crippen molar-refractivity contribution in [3.05, 3.63) is 16.1 Å². The summed E-state index contributed by atoms with van der Waals surface area (Å²) in [5, 5.41) is 4.61. The van der Waals surface area contributed by atoms with Gasteiger partial charge in [-0.3, -0.25) is 0 Å². The zero-order chi connectivity index (χ0) is 10.6. The summed E-state index contributed by atoms with van der Waals surface area (Å²) >= 11 is 1.76. The molecular weight excluding hydrogens is 194 g/mol. The van der Waals surface area contributed by atoms with E-state index >= 15 is 0 Å². The van der Waals surface area contributed by atoms with Crippen LogP contribution in [0.2, 0.25) is 0 Å². The van der Waals surface area contributed by atoms with Gasteiger partial charge in [-0.1, -0.05) is 0 Å². The molecule has 0 radical (unpaired) electrons. The van der Waals surface area contributed by atoms with Gasteiger partial charge in [0.2, 0.25) is 0 Å². The van der Waals surface area contributed by atoms with Crippen molar-refractivity contribution in [1.82, 2.24) is 15.2 Å². The lowest BCUT2D eigenvalue weighted by Gasteiger charge is -2.17. The maximum atomic E-state index is 4.22. The third-order valence-corrected chi connectivity index (χ3v) is 2.85. The second kappa shape index (κ2) is 5.44. The van der Waals surface area contributed by atoms with E-state index in [1.165, 1.54) is 4.88 Å². The van der Waals surface area contributed by atoms with Crippen LogP contribution in [-0.2, 0) is 6.54 Å². The molecule has 0 bridgehead atoms. The van der Waals surface area contributed by atoms with Crippen LogP contribution in [0.25, 0.3) is 0 Å². The topological polar surface area (TPSA) is 28.2 Å². The summed E-state index contributed by atoms with van der Waals surface area (Å²) in [7, 11) is 4.18. The maximum Gasteiger partial charge on any atom is 0.0897 e. The highest BCUT2D eigenvalue weighted by Gasteiger charge is 2.03. The smallest absolute Gasteiger partial charge is 0.0897 e. The molecule has 1 N–H and O–H groups in total. The molecule has 3 nitrogen and oxygen atoms in total. The van der Waals surface area contributed by atoms with Gasteiger partial charge in [0.15, 0.2) is 0 Å². The van der Waals surface area contributed by atoms with Gasteiger partial charge in [0.25, 0.3) is 0 Å². The van der Waals surface area contributed by atoms with Gasteiger partial charge in [-0.15, -0.1) is 11.3 Å². The number of hydrogen-bond acceptors (Lipinski definition) is 4. The molecule has 0 spiro atoms. The standard InChI is InChI=1S/C10H19N3S/c1-8(7-13(3)4)11-5-10-6-12-9(2)14-10/h6,8,11H,5,7H2,1-4H3. The van der Waals surface area contributed by atoms with E-state index in [1.54, 1.807) is 11.3 Å². The quantitative estimate of drug-likeness (QED) is 0.803. The molecule has 1 unspecified atom stereocenters. The minimum atomic E-state index is 0.521. The molecule has 1 aromatic rings. The Hall–Kier alpha value is -0.450. The first-order chi connectivity index (χ1) is 6.58. The number of likely N-dealkylation sites (N-methyl/N-ethyl adjacent to an activating group) is 1. The lowest BCUT2D eigenvalue weighted by molar-refractivity contribution is 0.349. The number of aromatic nitrogens is 1. The largest absolute Gasteiger partial charge is 0.308 e. The van der Waals surface area contributed by atoms with Crippen molar-refractivity contribution in [2.24, 2.45) is 0 Å². The lowest BCUT2D eigenvalue weighted by Crippen LogP contribution is -2.35. The predicted molar refractivity (Wildman–Crippen MR) is 61.7 cm³/mol. The Morgan fingerprint density at radius 1 is 1.57 bits per heavy atom. The molecule has 4 heteroatoms. The first-order valence-corrected chi connectivity index (χ1v) is 5.69. The Kier molecular flexibility index (Phi) is 4.51. The van der Waals surface area contributed by atoms with Crippen LogP contribution < -0.4 is 5.32 Å². The zero-order valence-corrected chi connectivity index (χ0v) is 10.2. The van der Waals surface area contributed by atoms with Crippen LogP contribution in [0, 0.1) is 6.92 Å². The average molecular weight is 213 g/mol. The Bertz CT molecular complexity index is 270. The van der Waals surface area contributed by atoms with Gasteiger partial charge in [0.1, 0.15) is 0 Å². The predicted octanol–water partition coefficient (Wildman–Crippen LogP) is 1.49. The Morgan fingerprint density at radius 3 is 2.79 bits per heavy atom. The molecule has 0 aliphatic carbocycles. The summed E-state index contributed by atoms with van der Waals surface area (Å²) in [4.78, 5) is 7.73. The van der Waals surface area contributed by atoms with Gasteiger partial charge in [0, 0.05) is 30.2 Å². The van der Waals surface area contributed by atoms with Gasteiger partial charge in [0.05, 0.1) is 5.01 Å². The molecule has 0 amide bonds. The first-order valence-electron chi connectivity index (χ1n) is 4.87. The monoisotopic (exact) mass is 213 g/mol. The Labute approximate surface area is 90.2 Å². The maximum absolute atomic E-state index is 4.22. The van der Waals surface area contributed by atoms with Crippen molar-refractivity contribution in [1.29, 1.82) is 0 Å². The van der Waals surface area contributed by atoms with Gasteiger partial charge in [-0.05, 0) is 27.9 Å². The third-order valence-electron chi connectivity index (χ3n) is 1.93. The second-order valence-electron chi connectivity index (χ2n) is 3.89. The van der Waals surface area contributed by atoms with Crippen molar-refractivity contribution >= 4 is 11.3 Å². The summed E-state index contributed by atoms with van der Waals surface area (Å²) in [6.45, 7) is 6.24. The first kappa shape index (κ1) is 11.6. The molecule has 0 aliphatic rings. The van der Waals surface area contributed by atoms with Crippen molar-refractivity contribution < 1.29 is 0 Å². The molecular formula is C10H19N3S. The fourth-order valence-corrected chi connectivity index (χ4v) is 2.12. The second-order valence-corrected chi connectivity index (χ2v) is 5.21. The number of rotatable bonds is 5.